The second kappa shape index (κ2) is 7.14. The predicted molar refractivity (Wildman–Crippen MR) is 89.9 cm³/mol. The summed E-state index contributed by atoms with van der Waals surface area (Å²) < 4.78 is 0. The van der Waals surface area contributed by atoms with Crippen LogP contribution in [0.25, 0.3) is 0 Å². The Morgan fingerprint density at radius 2 is 1.80 bits per heavy atom. The molecule has 0 spiro atoms. The number of aliphatic hydroxyl groups is 1. The third kappa shape index (κ3) is 3.22. The van der Waals surface area contributed by atoms with E-state index in [1.54, 1.807) is 24.3 Å². The fourth-order valence-electron chi connectivity index (χ4n) is 2.95. The number of carbonyl (C=O) groups excluding carboxylic acids is 3. The molecular formula is C18H17N3O4. The van der Waals surface area contributed by atoms with Gasteiger partial charge in [0.2, 0.25) is 12.3 Å². The van der Waals surface area contributed by atoms with Gasteiger partial charge in [0.05, 0.1) is 6.54 Å². The van der Waals surface area contributed by atoms with Crippen molar-refractivity contribution < 1.29 is 19.5 Å². The van der Waals surface area contributed by atoms with Crippen molar-refractivity contribution in [3.8, 4) is 0 Å². The highest BCUT2D eigenvalue weighted by Crippen LogP contribution is 2.38. The Bertz CT molecular complexity index is 794. The van der Waals surface area contributed by atoms with Gasteiger partial charge in [0.1, 0.15) is 12.0 Å². The summed E-state index contributed by atoms with van der Waals surface area (Å²) in [5.74, 6) is -2.64. The molecule has 0 saturated carbocycles. The lowest BCUT2D eigenvalue weighted by atomic mass is 9.87. The van der Waals surface area contributed by atoms with Crippen molar-refractivity contribution >= 4 is 23.9 Å². The van der Waals surface area contributed by atoms with Gasteiger partial charge in [-0.2, -0.15) is 0 Å². The number of fused-ring (bicyclic) bond motifs is 1. The zero-order valence-corrected chi connectivity index (χ0v) is 13.3. The van der Waals surface area contributed by atoms with E-state index in [0.29, 0.717) is 11.3 Å². The number of nitrogens with zero attached hydrogens (tertiary/aromatic N) is 1. The summed E-state index contributed by atoms with van der Waals surface area (Å²) in [6.07, 6.45) is -1.00. The molecule has 0 aromatic heterocycles. The minimum absolute atomic E-state index is 0.272. The van der Waals surface area contributed by atoms with Crippen molar-refractivity contribution in [1.82, 2.24) is 10.9 Å². The van der Waals surface area contributed by atoms with Gasteiger partial charge in [0.15, 0.2) is 0 Å². The van der Waals surface area contributed by atoms with Crippen LogP contribution in [-0.4, -0.2) is 23.3 Å². The third-order valence-corrected chi connectivity index (χ3v) is 4.11. The van der Waals surface area contributed by atoms with E-state index in [1.807, 2.05) is 35.8 Å². The quantitative estimate of drug-likeness (QED) is 0.423. The van der Waals surface area contributed by atoms with Gasteiger partial charge in [0, 0.05) is 11.3 Å². The Hall–Kier alpha value is -3.19. The van der Waals surface area contributed by atoms with Crippen molar-refractivity contribution in [2.24, 2.45) is 5.92 Å². The first-order chi connectivity index (χ1) is 12.1. The maximum absolute atomic E-state index is 12.9. The van der Waals surface area contributed by atoms with Gasteiger partial charge in [-0.15, -0.1) is 0 Å². The summed E-state index contributed by atoms with van der Waals surface area (Å²) in [5.41, 5.74) is 6.08. The molecule has 25 heavy (non-hydrogen) atoms. The number of amides is 3. The van der Waals surface area contributed by atoms with Gasteiger partial charge in [-0.3, -0.25) is 25.2 Å². The van der Waals surface area contributed by atoms with E-state index in [9.17, 15) is 19.5 Å². The first-order valence-electron chi connectivity index (χ1n) is 7.75. The molecule has 2 atom stereocenters. The van der Waals surface area contributed by atoms with Gasteiger partial charge < -0.3 is 10.0 Å². The number of para-hydroxylation sites is 1. The van der Waals surface area contributed by atoms with Crippen molar-refractivity contribution in [1.29, 1.82) is 0 Å². The molecule has 0 aliphatic carbocycles. The summed E-state index contributed by atoms with van der Waals surface area (Å²) in [7, 11) is 0. The molecule has 0 radical (unpaired) electrons. The Labute approximate surface area is 144 Å². The number of nitrogens with one attached hydrogen (secondary N) is 2. The van der Waals surface area contributed by atoms with Crippen molar-refractivity contribution in [3.63, 3.8) is 0 Å². The zero-order chi connectivity index (χ0) is 17.8. The lowest BCUT2D eigenvalue weighted by Gasteiger charge is -2.36. The first-order valence-corrected chi connectivity index (χ1v) is 7.75. The van der Waals surface area contributed by atoms with Gasteiger partial charge in [0.25, 0.3) is 5.91 Å². The lowest BCUT2D eigenvalue weighted by Crippen LogP contribution is -2.52. The molecule has 3 rings (SSSR count). The van der Waals surface area contributed by atoms with E-state index >= 15 is 0 Å². The summed E-state index contributed by atoms with van der Waals surface area (Å²) in [6, 6.07) is 16.3. The van der Waals surface area contributed by atoms with Gasteiger partial charge in [-0.1, -0.05) is 48.5 Å². The molecule has 1 heterocycles. The molecular weight excluding hydrogens is 322 g/mol. The predicted octanol–water partition coefficient (Wildman–Crippen LogP) is 0.660. The number of anilines is 1. The molecule has 2 aromatic rings. The zero-order valence-electron chi connectivity index (χ0n) is 13.3. The molecule has 3 N–H and O–H groups in total. The molecule has 0 saturated heterocycles. The highest BCUT2D eigenvalue weighted by Gasteiger charge is 2.43. The molecule has 128 valence electrons. The average Bonchev–Trinajstić information content (AvgIpc) is 2.64. The van der Waals surface area contributed by atoms with E-state index in [1.165, 1.54) is 4.90 Å². The number of aliphatic hydroxyl groups excluding tert-OH is 1. The topological polar surface area (TPSA) is 98.7 Å². The minimum atomic E-state index is -1.34. The number of carbonyl (C=O) groups is 3. The minimum Gasteiger partial charge on any atom is -0.387 e. The fourth-order valence-corrected chi connectivity index (χ4v) is 2.95. The average molecular weight is 339 g/mol. The molecule has 2 aromatic carbocycles. The number of rotatable bonds is 5. The Morgan fingerprint density at radius 1 is 1.12 bits per heavy atom. The number of hydrazine groups is 1. The van der Waals surface area contributed by atoms with Gasteiger partial charge >= 0.3 is 0 Å². The van der Waals surface area contributed by atoms with Gasteiger partial charge in [-0.05, 0) is 11.6 Å². The van der Waals surface area contributed by atoms with Crippen LogP contribution in [0, 0.1) is 5.92 Å². The summed E-state index contributed by atoms with van der Waals surface area (Å²) in [6.45, 7) is 0.272. The van der Waals surface area contributed by atoms with Crippen molar-refractivity contribution in [3.05, 3.63) is 65.7 Å². The van der Waals surface area contributed by atoms with Gasteiger partial charge in [-0.25, -0.2) is 0 Å². The van der Waals surface area contributed by atoms with E-state index < -0.39 is 23.8 Å². The largest absolute Gasteiger partial charge is 0.387 e. The summed E-state index contributed by atoms with van der Waals surface area (Å²) >= 11 is 0. The van der Waals surface area contributed by atoms with Crippen LogP contribution < -0.4 is 15.8 Å². The Balaban J connectivity index is 1.98. The first kappa shape index (κ1) is 16.7. The van der Waals surface area contributed by atoms with Crippen LogP contribution in [0.15, 0.2) is 54.6 Å². The monoisotopic (exact) mass is 339 g/mol. The van der Waals surface area contributed by atoms with Crippen molar-refractivity contribution in [2.45, 2.75) is 12.6 Å². The second-order valence-electron chi connectivity index (χ2n) is 5.64. The highest BCUT2D eigenvalue weighted by molar-refractivity contribution is 6.10. The molecule has 0 bridgehead atoms. The van der Waals surface area contributed by atoms with Crippen LogP contribution in [0.5, 0.6) is 0 Å². The Morgan fingerprint density at radius 3 is 2.52 bits per heavy atom. The summed E-state index contributed by atoms with van der Waals surface area (Å²) in [4.78, 5) is 37.0. The maximum Gasteiger partial charge on any atom is 0.254 e. The normalized spacial score (nSPS) is 19.1. The van der Waals surface area contributed by atoms with Crippen LogP contribution >= 0.6 is 0 Å². The standard InChI is InChI=1S/C18H17N3O4/c22-11-19-20-17(24)15-16(23)13-8-4-5-9-14(13)21(18(15)25)10-12-6-2-1-3-7-12/h1-9,11,15-16,23H,10H2,(H,19,22)(H,20,24). The lowest BCUT2D eigenvalue weighted by molar-refractivity contribution is -0.141. The highest BCUT2D eigenvalue weighted by atomic mass is 16.3. The fraction of sp³-hybridized carbons (Fsp3) is 0.167. The van der Waals surface area contributed by atoms with E-state index in [0.717, 1.165) is 5.56 Å². The van der Waals surface area contributed by atoms with Crippen LogP contribution in [0.1, 0.15) is 17.2 Å². The molecule has 3 amide bonds. The third-order valence-electron chi connectivity index (χ3n) is 4.11. The molecule has 1 aliphatic rings. The van der Waals surface area contributed by atoms with E-state index in [2.05, 4.69) is 5.43 Å². The summed E-state index contributed by atoms with van der Waals surface area (Å²) in [5, 5.41) is 10.5. The maximum atomic E-state index is 12.9. The SMILES string of the molecule is O=CNNC(=O)C1C(=O)N(Cc2ccccc2)c2ccccc2C1O. The molecule has 7 nitrogen and oxygen atoms in total. The number of hydrogen-bond donors (Lipinski definition) is 3. The smallest absolute Gasteiger partial charge is 0.254 e. The Kier molecular flexibility index (Phi) is 4.76. The van der Waals surface area contributed by atoms with E-state index in [4.69, 9.17) is 0 Å². The van der Waals surface area contributed by atoms with Crippen LogP contribution in [0.4, 0.5) is 5.69 Å². The van der Waals surface area contributed by atoms with Crippen LogP contribution in [0.3, 0.4) is 0 Å². The van der Waals surface area contributed by atoms with Crippen LogP contribution in [-0.2, 0) is 20.9 Å². The second-order valence-corrected chi connectivity index (χ2v) is 5.64. The number of benzene rings is 2. The molecule has 2 unspecified atom stereocenters. The molecule has 7 heteroatoms. The van der Waals surface area contributed by atoms with Crippen molar-refractivity contribution in [2.75, 3.05) is 4.90 Å². The van der Waals surface area contributed by atoms with Crippen LogP contribution in [0.2, 0.25) is 0 Å². The van der Waals surface area contributed by atoms with E-state index in [-0.39, 0.29) is 13.0 Å². The molecule has 0 fully saturated rings. The molecule has 1 aliphatic heterocycles. The number of hydrogen-bond acceptors (Lipinski definition) is 4.